The molecule has 16 heavy (non-hydrogen) atoms. The molecule has 0 amide bonds. The van der Waals surface area contributed by atoms with Gasteiger partial charge in [0.1, 0.15) is 0 Å². The molecule has 0 radical (unpaired) electrons. The zero-order valence-corrected chi connectivity index (χ0v) is 10.4. The Morgan fingerprint density at radius 3 is 2.19 bits per heavy atom. The molecule has 0 aliphatic heterocycles. The Morgan fingerprint density at radius 2 is 1.88 bits per heavy atom. The Bertz CT molecular complexity index is 339. The lowest BCUT2D eigenvalue weighted by atomic mass is 10.4. The molecule has 10 heteroatoms. The number of hydrogen-bond acceptors (Lipinski definition) is 5. The highest BCUT2D eigenvalue weighted by Gasteiger charge is 2.44. The molecule has 0 rings (SSSR count). The van der Waals surface area contributed by atoms with Crippen molar-refractivity contribution in [1.82, 2.24) is 0 Å². The van der Waals surface area contributed by atoms with Crippen LogP contribution in [-0.4, -0.2) is 39.7 Å². The second kappa shape index (κ2) is 6.00. The molecule has 0 saturated carbocycles. The highest BCUT2D eigenvalue weighted by atomic mass is 32.2. The Balaban J connectivity index is 4.65. The summed E-state index contributed by atoms with van der Waals surface area (Å²) in [7, 11) is -7.22. The summed E-state index contributed by atoms with van der Waals surface area (Å²) in [5.41, 5.74) is 0. The van der Waals surface area contributed by atoms with Crippen LogP contribution in [0.3, 0.4) is 0 Å². The molecule has 0 aromatic carbocycles. The molecule has 0 aliphatic rings. The van der Waals surface area contributed by atoms with Gasteiger partial charge in [-0.15, -0.1) is 0 Å². The summed E-state index contributed by atoms with van der Waals surface area (Å²) in [6.07, 6.45) is -8.04. The lowest BCUT2D eigenvalue weighted by Crippen LogP contribution is -2.35. The lowest BCUT2D eigenvalue weighted by Gasteiger charge is -2.18. The molecule has 5 nitrogen and oxygen atoms in total. The van der Waals surface area contributed by atoms with Gasteiger partial charge < -0.3 is 4.52 Å². The van der Waals surface area contributed by atoms with E-state index in [-0.39, 0.29) is 6.61 Å². The quantitative estimate of drug-likeness (QED) is 0.544. The van der Waals surface area contributed by atoms with Gasteiger partial charge in [0.2, 0.25) is 0 Å². The van der Waals surface area contributed by atoms with Crippen LogP contribution in [0.15, 0.2) is 0 Å². The lowest BCUT2D eigenvalue weighted by molar-refractivity contribution is -0.187. The predicted molar refractivity (Wildman–Crippen MR) is 51.3 cm³/mol. The van der Waals surface area contributed by atoms with Crippen molar-refractivity contribution in [2.45, 2.75) is 19.2 Å². The van der Waals surface area contributed by atoms with Gasteiger partial charge in [-0.1, -0.05) is 0 Å². The normalized spacial score (nSPS) is 17.1. The average Bonchev–Trinajstić information content (AvgIpc) is 1.98. The van der Waals surface area contributed by atoms with Crippen molar-refractivity contribution in [2.24, 2.45) is 0 Å². The van der Waals surface area contributed by atoms with Crippen molar-refractivity contribution in [3.63, 3.8) is 0 Å². The van der Waals surface area contributed by atoms with Crippen LogP contribution in [0.4, 0.5) is 13.2 Å². The van der Waals surface area contributed by atoms with Crippen molar-refractivity contribution in [3.8, 4) is 0 Å². The minimum Gasteiger partial charge on any atom is -0.331 e. The minimum absolute atomic E-state index is 0.0127. The SMILES string of the molecule is CCO[PH](=O)CC(OS(C)(=O)=O)C(F)(F)F. The first-order valence-electron chi connectivity index (χ1n) is 4.17. The molecule has 0 N–H and O–H groups in total. The van der Waals surface area contributed by atoms with Crippen molar-refractivity contribution in [1.29, 1.82) is 0 Å². The summed E-state index contributed by atoms with van der Waals surface area (Å²) < 4.78 is 77.2. The molecular formula is C6H12F3O5PS. The summed E-state index contributed by atoms with van der Waals surface area (Å²) >= 11 is 0. The van der Waals surface area contributed by atoms with Gasteiger partial charge in [-0.2, -0.15) is 21.6 Å². The maximum absolute atomic E-state index is 12.3. The fourth-order valence-corrected chi connectivity index (χ4v) is 2.56. The first kappa shape index (κ1) is 15.9. The van der Waals surface area contributed by atoms with E-state index in [4.69, 9.17) is 0 Å². The van der Waals surface area contributed by atoms with Crippen LogP contribution in [0.5, 0.6) is 0 Å². The molecule has 0 aliphatic carbocycles. The number of hydrogen-bond donors (Lipinski definition) is 0. The Labute approximate surface area is 91.9 Å². The van der Waals surface area contributed by atoms with E-state index >= 15 is 0 Å². The van der Waals surface area contributed by atoms with Crippen molar-refractivity contribution in [3.05, 3.63) is 0 Å². The molecule has 0 fully saturated rings. The average molecular weight is 284 g/mol. The summed E-state index contributed by atoms with van der Waals surface area (Å²) in [5.74, 6) is 0. The largest absolute Gasteiger partial charge is 0.416 e. The Kier molecular flexibility index (Phi) is 5.95. The molecule has 98 valence electrons. The van der Waals surface area contributed by atoms with Gasteiger partial charge in [0.25, 0.3) is 10.1 Å². The minimum atomic E-state index is -4.90. The third-order valence-corrected chi connectivity index (χ3v) is 3.21. The van der Waals surface area contributed by atoms with Gasteiger partial charge in [-0.25, -0.2) is 0 Å². The summed E-state index contributed by atoms with van der Waals surface area (Å²) in [6, 6.07) is 0. The van der Waals surface area contributed by atoms with Gasteiger partial charge in [0.15, 0.2) is 14.1 Å². The summed E-state index contributed by atoms with van der Waals surface area (Å²) in [4.78, 5) is 0. The molecule has 0 saturated heterocycles. The van der Waals surface area contributed by atoms with Gasteiger partial charge in [-0.3, -0.25) is 8.75 Å². The van der Waals surface area contributed by atoms with E-state index in [0.717, 1.165) is 0 Å². The molecule has 0 aromatic heterocycles. The summed E-state index contributed by atoms with van der Waals surface area (Å²) in [5, 5.41) is 0. The summed E-state index contributed by atoms with van der Waals surface area (Å²) in [6.45, 7) is 1.45. The van der Waals surface area contributed by atoms with Crippen LogP contribution in [0.2, 0.25) is 0 Å². The van der Waals surface area contributed by atoms with Crippen LogP contribution in [-0.2, 0) is 23.4 Å². The molecular weight excluding hydrogens is 272 g/mol. The van der Waals surface area contributed by atoms with E-state index in [1.54, 1.807) is 0 Å². The zero-order chi connectivity index (χ0) is 13.0. The number of alkyl halides is 3. The highest BCUT2D eigenvalue weighted by molar-refractivity contribution is 7.86. The zero-order valence-electron chi connectivity index (χ0n) is 8.57. The van der Waals surface area contributed by atoms with Crippen molar-refractivity contribution < 1.29 is 34.9 Å². The van der Waals surface area contributed by atoms with Gasteiger partial charge in [0, 0.05) is 0 Å². The maximum Gasteiger partial charge on any atom is 0.416 e. The Hall–Kier alpha value is -0.110. The topological polar surface area (TPSA) is 69.7 Å². The maximum atomic E-state index is 12.3. The van der Waals surface area contributed by atoms with Crippen LogP contribution in [0.25, 0.3) is 0 Å². The standard InChI is InChI=1S/C6H12F3O5PS/c1-3-13-15(10)4-5(6(7,8)9)14-16(2,11)12/h5,15H,3-4H2,1-2H3. The van der Waals surface area contributed by atoms with Crippen LogP contribution < -0.4 is 0 Å². The third kappa shape index (κ3) is 7.21. The Morgan fingerprint density at radius 1 is 1.38 bits per heavy atom. The number of halogens is 3. The van der Waals surface area contributed by atoms with Crippen LogP contribution >= 0.6 is 8.03 Å². The predicted octanol–water partition coefficient (Wildman–Crippen LogP) is 1.40. The molecule has 2 unspecified atom stereocenters. The first-order valence-corrected chi connectivity index (χ1v) is 7.51. The van der Waals surface area contributed by atoms with E-state index in [9.17, 15) is 26.2 Å². The molecule has 2 atom stereocenters. The fourth-order valence-electron chi connectivity index (χ4n) is 0.787. The van der Waals surface area contributed by atoms with E-state index < -0.39 is 36.6 Å². The molecule has 0 bridgehead atoms. The number of rotatable bonds is 6. The molecule has 0 spiro atoms. The van der Waals surface area contributed by atoms with E-state index in [0.29, 0.717) is 6.26 Å². The highest BCUT2D eigenvalue weighted by Crippen LogP contribution is 2.32. The van der Waals surface area contributed by atoms with Gasteiger partial charge in [-0.05, 0) is 6.92 Å². The first-order chi connectivity index (χ1) is 7.06. The van der Waals surface area contributed by atoms with E-state index in [2.05, 4.69) is 8.71 Å². The smallest absolute Gasteiger partial charge is 0.331 e. The van der Waals surface area contributed by atoms with E-state index in [1.807, 2.05) is 0 Å². The van der Waals surface area contributed by atoms with Crippen molar-refractivity contribution in [2.75, 3.05) is 19.0 Å². The van der Waals surface area contributed by atoms with Gasteiger partial charge >= 0.3 is 6.18 Å². The van der Waals surface area contributed by atoms with Crippen LogP contribution in [0.1, 0.15) is 6.92 Å². The van der Waals surface area contributed by atoms with Gasteiger partial charge in [0.05, 0.1) is 19.0 Å². The fraction of sp³-hybridized carbons (Fsp3) is 1.00. The van der Waals surface area contributed by atoms with Crippen molar-refractivity contribution >= 4 is 18.1 Å². The van der Waals surface area contributed by atoms with E-state index in [1.165, 1.54) is 6.92 Å². The second-order valence-corrected chi connectivity index (χ2v) is 5.88. The third-order valence-electron chi connectivity index (χ3n) is 1.31. The second-order valence-electron chi connectivity index (χ2n) is 2.84. The monoisotopic (exact) mass is 284 g/mol. The molecule has 0 aromatic rings. The molecule has 0 heterocycles. The van der Waals surface area contributed by atoms with Crippen LogP contribution in [0, 0.1) is 0 Å².